The van der Waals surface area contributed by atoms with Crippen LogP contribution >= 0.6 is 0 Å². The van der Waals surface area contributed by atoms with Crippen LogP contribution in [0.15, 0.2) is 42.5 Å². The lowest BCUT2D eigenvalue weighted by Crippen LogP contribution is -2.23. The monoisotopic (exact) mass is 203 g/mol. The van der Waals surface area contributed by atoms with Crippen molar-refractivity contribution in [3.8, 4) is 0 Å². The lowest BCUT2D eigenvalue weighted by atomic mass is 10.1. The first kappa shape index (κ1) is 11.5. The summed E-state index contributed by atoms with van der Waals surface area (Å²) in [5, 5.41) is 0. The number of hydrogen-bond acceptors (Lipinski definition) is 1. The predicted octanol–water partition coefficient (Wildman–Crippen LogP) is 2.26. The highest BCUT2D eigenvalue weighted by Gasteiger charge is 2.08. The van der Waals surface area contributed by atoms with E-state index in [2.05, 4.69) is 18.7 Å². The van der Waals surface area contributed by atoms with Crippen molar-refractivity contribution < 1.29 is 4.79 Å². The molecule has 0 heterocycles. The van der Waals surface area contributed by atoms with Crippen molar-refractivity contribution in [1.29, 1.82) is 0 Å². The normalized spacial score (nSPS) is 9.73. The Balaban J connectivity index is 2.45. The first-order valence-corrected chi connectivity index (χ1v) is 5.04. The standard InChI is InChI=1S/C13H17NO/c1-11(13(15)14(2)3)9-10-12-7-5-4-6-8-12/h4-8H,1,9-10H2,2-3H3. The van der Waals surface area contributed by atoms with E-state index >= 15 is 0 Å². The summed E-state index contributed by atoms with van der Waals surface area (Å²) >= 11 is 0. The number of carbonyl (C=O) groups excluding carboxylic acids is 1. The van der Waals surface area contributed by atoms with Crippen molar-refractivity contribution in [3.63, 3.8) is 0 Å². The fraction of sp³-hybridized carbons (Fsp3) is 0.308. The average Bonchev–Trinajstić information content (AvgIpc) is 2.26. The first-order valence-electron chi connectivity index (χ1n) is 5.04. The second kappa shape index (κ2) is 5.35. The van der Waals surface area contributed by atoms with Crippen LogP contribution in [0.1, 0.15) is 12.0 Å². The number of likely N-dealkylation sites (N-methyl/N-ethyl adjacent to an activating group) is 1. The molecular weight excluding hydrogens is 186 g/mol. The van der Waals surface area contributed by atoms with E-state index in [0.717, 1.165) is 12.8 Å². The van der Waals surface area contributed by atoms with Crippen molar-refractivity contribution in [2.75, 3.05) is 14.1 Å². The maximum absolute atomic E-state index is 11.5. The Morgan fingerprint density at radius 2 is 1.87 bits per heavy atom. The van der Waals surface area contributed by atoms with Crippen molar-refractivity contribution in [3.05, 3.63) is 48.0 Å². The molecule has 2 nitrogen and oxygen atoms in total. The van der Waals surface area contributed by atoms with Gasteiger partial charge in [0.25, 0.3) is 0 Å². The zero-order valence-corrected chi connectivity index (χ0v) is 9.36. The molecule has 1 aromatic carbocycles. The molecule has 0 saturated heterocycles. The van der Waals surface area contributed by atoms with Crippen LogP contribution in [-0.4, -0.2) is 24.9 Å². The predicted molar refractivity (Wildman–Crippen MR) is 62.6 cm³/mol. The third-order valence-electron chi connectivity index (χ3n) is 2.27. The second-order valence-electron chi connectivity index (χ2n) is 3.79. The number of rotatable bonds is 4. The molecule has 0 aliphatic rings. The molecule has 1 rings (SSSR count). The van der Waals surface area contributed by atoms with E-state index < -0.39 is 0 Å². The maximum Gasteiger partial charge on any atom is 0.248 e. The summed E-state index contributed by atoms with van der Waals surface area (Å²) in [5.41, 5.74) is 1.91. The van der Waals surface area contributed by atoms with Gasteiger partial charge in [-0.2, -0.15) is 0 Å². The van der Waals surface area contributed by atoms with Crippen LogP contribution in [0.25, 0.3) is 0 Å². The zero-order chi connectivity index (χ0) is 11.3. The van der Waals surface area contributed by atoms with Gasteiger partial charge in [-0.15, -0.1) is 0 Å². The zero-order valence-electron chi connectivity index (χ0n) is 9.36. The molecule has 1 aromatic rings. The Morgan fingerprint density at radius 1 is 1.27 bits per heavy atom. The molecule has 0 fully saturated rings. The van der Waals surface area contributed by atoms with Crippen LogP contribution in [-0.2, 0) is 11.2 Å². The second-order valence-corrected chi connectivity index (χ2v) is 3.79. The molecule has 80 valence electrons. The molecule has 0 bridgehead atoms. The number of hydrogen-bond donors (Lipinski definition) is 0. The van der Waals surface area contributed by atoms with Gasteiger partial charge in [0.2, 0.25) is 5.91 Å². The van der Waals surface area contributed by atoms with Gasteiger partial charge in [0.15, 0.2) is 0 Å². The Hall–Kier alpha value is -1.57. The summed E-state index contributed by atoms with van der Waals surface area (Å²) in [6.07, 6.45) is 1.60. The summed E-state index contributed by atoms with van der Waals surface area (Å²) < 4.78 is 0. The number of nitrogens with zero attached hydrogens (tertiary/aromatic N) is 1. The van der Waals surface area contributed by atoms with Gasteiger partial charge in [-0.3, -0.25) is 4.79 Å². The van der Waals surface area contributed by atoms with E-state index in [1.807, 2.05) is 18.2 Å². The van der Waals surface area contributed by atoms with Crippen molar-refractivity contribution in [2.45, 2.75) is 12.8 Å². The van der Waals surface area contributed by atoms with Gasteiger partial charge < -0.3 is 4.90 Å². The summed E-state index contributed by atoms with van der Waals surface area (Å²) in [6.45, 7) is 3.80. The number of carbonyl (C=O) groups is 1. The van der Waals surface area contributed by atoms with Gasteiger partial charge in [0, 0.05) is 19.7 Å². The third-order valence-corrected chi connectivity index (χ3v) is 2.27. The van der Waals surface area contributed by atoms with E-state index in [1.165, 1.54) is 5.56 Å². The Labute approximate surface area is 91.2 Å². The Morgan fingerprint density at radius 3 is 2.40 bits per heavy atom. The molecule has 0 atom stereocenters. The van der Waals surface area contributed by atoms with E-state index in [1.54, 1.807) is 19.0 Å². The summed E-state index contributed by atoms with van der Waals surface area (Å²) in [7, 11) is 3.49. The van der Waals surface area contributed by atoms with Gasteiger partial charge in [-0.05, 0) is 18.4 Å². The summed E-state index contributed by atoms with van der Waals surface area (Å²) in [4.78, 5) is 13.1. The van der Waals surface area contributed by atoms with Crippen LogP contribution in [0.3, 0.4) is 0 Å². The van der Waals surface area contributed by atoms with Crippen molar-refractivity contribution >= 4 is 5.91 Å². The third kappa shape index (κ3) is 3.58. The molecule has 0 N–H and O–H groups in total. The quantitative estimate of drug-likeness (QED) is 0.687. The van der Waals surface area contributed by atoms with E-state index in [4.69, 9.17) is 0 Å². The average molecular weight is 203 g/mol. The van der Waals surface area contributed by atoms with Crippen molar-refractivity contribution in [2.24, 2.45) is 0 Å². The highest BCUT2D eigenvalue weighted by atomic mass is 16.2. The van der Waals surface area contributed by atoms with Gasteiger partial charge in [-0.25, -0.2) is 0 Å². The van der Waals surface area contributed by atoms with E-state index in [-0.39, 0.29) is 5.91 Å². The lowest BCUT2D eigenvalue weighted by molar-refractivity contribution is -0.124. The van der Waals surface area contributed by atoms with Gasteiger partial charge in [0.1, 0.15) is 0 Å². The number of aryl methyl sites for hydroxylation is 1. The van der Waals surface area contributed by atoms with E-state index in [0.29, 0.717) is 5.57 Å². The fourth-order valence-corrected chi connectivity index (χ4v) is 1.36. The molecule has 0 aromatic heterocycles. The van der Waals surface area contributed by atoms with E-state index in [9.17, 15) is 4.79 Å². The lowest BCUT2D eigenvalue weighted by Gasteiger charge is -2.12. The summed E-state index contributed by atoms with van der Waals surface area (Å²) in [6, 6.07) is 10.1. The Kier molecular flexibility index (Phi) is 4.10. The highest BCUT2D eigenvalue weighted by Crippen LogP contribution is 2.08. The maximum atomic E-state index is 11.5. The highest BCUT2D eigenvalue weighted by molar-refractivity contribution is 5.92. The molecule has 1 amide bonds. The summed E-state index contributed by atoms with van der Waals surface area (Å²) in [5.74, 6) is 0.0194. The molecule has 0 unspecified atom stereocenters. The minimum Gasteiger partial charge on any atom is -0.345 e. The van der Waals surface area contributed by atoms with Gasteiger partial charge >= 0.3 is 0 Å². The molecule has 0 aliphatic carbocycles. The number of benzene rings is 1. The minimum absolute atomic E-state index is 0.0194. The first-order chi connectivity index (χ1) is 7.11. The molecule has 0 aliphatic heterocycles. The van der Waals surface area contributed by atoms with Crippen LogP contribution in [0.5, 0.6) is 0 Å². The smallest absolute Gasteiger partial charge is 0.248 e. The van der Waals surface area contributed by atoms with Crippen LogP contribution in [0.4, 0.5) is 0 Å². The topological polar surface area (TPSA) is 20.3 Å². The van der Waals surface area contributed by atoms with Crippen molar-refractivity contribution in [1.82, 2.24) is 4.90 Å². The largest absolute Gasteiger partial charge is 0.345 e. The van der Waals surface area contributed by atoms with Crippen LogP contribution < -0.4 is 0 Å². The minimum atomic E-state index is 0.0194. The molecule has 0 saturated carbocycles. The van der Waals surface area contributed by atoms with Gasteiger partial charge in [-0.1, -0.05) is 36.9 Å². The molecule has 0 spiro atoms. The molecule has 15 heavy (non-hydrogen) atoms. The van der Waals surface area contributed by atoms with Crippen LogP contribution in [0.2, 0.25) is 0 Å². The van der Waals surface area contributed by atoms with Crippen LogP contribution in [0, 0.1) is 0 Å². The SMILES string of the molecule is C=C(CCc1ccccc1)C(=O)N(C)C. The number of amides is 1. The molecule has 2 heteroatoms. The fourth-order valence-electron chi connectivity index (χ4n) is 1.36. The van der Waals surface area contributed by atoms with Gasteiger partial charge in [0.05, 0.1) is 0 Å². The molecular formula is C13H17NO. The molecule has 0 radical (unpaired) electrons. The Bertz CT molecular complexity index is 341.